The van der Waals surface area contributed by atoms with Gasteiger partial charge >= 0.3 is 5.97 Å². The van der Waals surface area contributed by atoms with E-state index in [2.05, 4.69) is 10.3 Å². The number of hydrogen-bond acceptors (Lipinski definition) is 9. The van der Waals surface area contributed by atoms with Crippen LogP contribution in [0.25, 0.3) is 0 Å². The predicted octanol–water partition coefficient (Wildman–Crippen LogP) is 3.38. The van der Waals surface area contributed by atoms with E-state index < -0.39 is 12.0 Å². The van der Waals surface area contributed by atoms with Crippen LogP contribution in [0.1, 0.15) is 37.8 Å². The van der Waals surface area contributed by atoms with Gasteiger partial charge in [0.2, 0.25) is 5.91 Å². The summed E-state index contributed by atoms with van der Waals surface area (Å²) < 4.78 is 21.6. The quantitative estimate of drug-likeness (QED) is 0.364. The number of carbonyl (C=O) groups excluding carboxylic acids is 2. The molecule has 9 nitrogen and oxygen atoms in total. The van der Waals surface area contributed by atoms with Crippen LogP contribution in [0, 0.1) is 5.92 Å². The van der Waals surface area contributed by atoms with Crippen LogP contribution in [-0.2, 0) is 19.1 Å². The van der Waals surface area contributed by atoms with Crippen LogP contribution in [0.5, 0.6) is 11.5 Å². The summed E-state index contributed by atoms with van der Waals surface area (Å²) >= 11 is 1.43. The third kappa shape index (κ3) is 5.65. The van der Waals surface area contributed by atoms with Crippen LogP contribution in [0.4, 0.5) is 0 Å². The maximum absolute atomic E-state index is 13.3. The fraction of sp³-hybridized carbons (Fsp3) is 0.480. The fourth-order valence-corrected chi connectivity index (χ4v) is 5.04. The van der Waals surface area contributed by atoms with Crippen molar-refractivity contribution in [1.29, 1.82) is 0 Å². The molecule has 4 rings (SSSR count). The monoisotopic (exact) mass is 501 g/mol. The van der Waals surface area contributed by atoms with Gasteiger partial charge < -0.3 is 29.2 Å². The first-order chi connectivity index (χ1) is 17.0. The highest BCUT2D eigenvalue weighted by atomic mass is 32.2. The average molecular weight is 502 g/mol. The summed E-state index contributed by atoms with van der Waals surface area (Å²) in [5.41, 5.74) is 2.45. The first-order valence-electron chi connectivity index (χ1n) is 11.6. The summed E-state index contributed by atoms with van der Waals surface area (Å²) in [5, 5.41) is 5.64. The molecule has 35 heavy (non-hydrogen) atoms. The summed E-state index contributed by atoms with van der Waals surface area (Å²) in [6.07, 6.45) is 2.51. The van der Waals surface area contributed by atoms with Crippen molar-refractivity contribution in [2.24, 2.45) is 10.9 Å². The number of thioether (sulfide) groups is 1. The van der Waals surface area contributed by atoms with Crippen molar-refractivity contribution < 1.29 is 28.5 Å². The number of fused-ring (bicyclic) bond motifs is 1. The number of hydrogen-bond donors (Lipinski definition) is 1. The van der Waals surface area contributed by atoms with Gasteiger partial charge in [-0.2, -0.15) is 0 Å². The molecule has 0 bridgehead atoms. The third-order valence-corrected chi connectivity index (χ3v) is 6.99. The van der Waals surface area contributed by atoms with Gasteiger partial charge in [-0.25, -0.2) is 9.79 Å². The lowest BCUT2D eigenvalue weighted by Crippen LogP contribution is -2.38. The Bertz CT molecular complexity index is 1080. The second kappa shape index (κ2) is 11.2. The Balaban J connectivity index is 1.70. The highest BCUT2D eigenvalue weighted by Gasteiger charge is 2.42. The molecule has 0 aromatic heterocycles. The molecule has 2 heterocycles. The molecule has 0 spiro atoms. The lowest BCUT2D eigenvalue weighted by atomic mass is 9.93. The van der Waals surface area contributed by atoms with Crippen LogP contribution in [0.2, 0.25) is 0 Å². The van der Waals surface area contributed by atoms with E-state index in [-0.39, 0.29) is 25.5 Å². The van der Waals surface area contributed by atoms with Crippen LogP contribution in [0.3, 0.4) is 0 Å². The Kier molecular flexibility index (Phi) is 8.02. The summed E-state index contributed by atoms with van der Waals surface area (Å²) in [6.45, 7) is 2.90. The minimum absolute atomic E-state index is 0.0547. The number of allylic oxidation sites excluding steroid dienone is 1. The summed E-state index contributed by atoms with van der Waals surface area (Å²) in [6, 6.07) is 4.88. The number of rotatable bonds is 11. The Morgan fingerprint density at radius 1 is 1.17 bits per heavy atom. The van der Waals surface area contributed by atoms with Gasteiger partial charge in [0.1, 0.15) is 18.1 Å². The van der Waals surface area contributed by atoms with Crippen LogP contribution >= 0.6 is 11.8 Å². The number of benzene rings is 1. The molecule has 1 aromatic carbocycles. The minimum atomic E-state index is -0.587. The van der Waals surface area contributed by atoms with E-state index in [0.29, 0.717) is 40.4 Å². The molecule has 3 aliphatic rings. The Morgan fingerprint density at radius 3 is 2.66 bits per heavy atom. The van der Waals surface area contributed by atoms with Gasteiger partial charge in [-0.05, 0) is 43.2 Å². The number of aliphatic imine (C=N–C) groups is 1. The molecule has 1 N–H and O–H groups in total. The molecule has 2 aliphatic heterocycles. The van der Waals surface area contributed by atoms with Crippen LogP contribution in [0.15, 0.2) is 45.6 Å². The van der Waals surface area contributed by atoms with Crippen LogP contribution < -0.4 is 14.8 Å². The zero-order valence-corrected chi connectivity index (χ0v) is 21.3. The summed E-state index contributed by atoms with van der Waals surface area (Å²) in [5.74, 6) is 1.24. The molecule has 1 aromatic rings. The second-order valence-electron chi connectivity index (χ2n) is 8.55. The highest BCUT2D eigenvalue weighted by Crippen LogP contribution is 2.47. The van der Waals surface area contributed by atoms with Crippen molar-refractivity contribution in [1.82, 2.24) is 10.2 Å². The van der Waals surface area contributed by atoms with E-state index in [1.165, 1.54) is 24.6 Å². The third-order valence-electron chi connectivity index (χ3n) is 6.10. The molecule has 1 fully saturated rings. The Hall–Kier alpha value is -2.98. The molecule has 188 valence electrons. The van der Waals surface area contributed by atoms with Crippen LogP contribution in [-0.4, -0.2) is 63.0 Å². The van der Waals surface area contributed by atoms with Crippen molar-refractivity contribution in [2.75, 3.05) is 41.1 Å². The standard InChI is InChI=1S/C25H31N3O6S/c1-15-22(24(30)34-10-9-31-2)23(19-8-7-18(32-3)12-20(19)33-4)28-17(14-35-25(28)27-15)11-21(29)26-13-16-5-6-16/h7-8,12,14,16,23H,5-6,9-11,13H2,1-4H3,(H,26,29). The van der Waals surface area contributed by atoms with E-state index in [1.54, 1.807) is 34.3 Å². The first kappa shape index (κ1) is 25.1. The smallest absolute Gasteiger partial charge is 0.338 e. The molecule has 1 unspecified atom stereocenters. The van der Waals surface area contributed by atoms with Gasteiger partial charge in [0.25, 0.3) is 0 Å². The van der Waals surface area contributed by atoms with Crippen molar-refractivity contribution in [3.8, 4) is 11.5 Å². The predicted molar refractivity (Wildman–Crippen MR) is 133 cm³/mol. The number of amidine groups is 1. The topological polar surface area (TPSA) is 98.7 Å². The molecule has 1 atom stereocenters. The number of nitrogens with one attached hydrogen (secondary N) is 1. The van der Waals surface area contributed by atoms with Gasteiger partial charge in [0.05, 0.1) is 44.6 Å². The summed E-state index contributed by atoms with van der Waals surface area (Å²) in [4.78, 5) is 32.6. The zero-order valence-electron chi connectivity index (χ0n) is 20.5. The van der Waals surface area contributed by atoms with Gasteiger partial charge in [-0.3, -0.25) is 4.79 Å². The molecular formula is C25H31N3O6S. The van der Waals surface area contributed by atoms with Gasteiger partial charge in [0.15, 0.2) is 5.17 Å². The van der Waals surface area contributed by atoms with Crippen molar-refractivity contribution in [3.63, 3.8) is 0 Å². The fourth-order valence-electron chi connectivity index (χ4n) is 4.07. The molecule has 0 radical (unpaired) electrons. The maximum Gasteiger partial charge on any atom is 0.338 e. The van der Waals surface area contributed by atoms with E-state index >= 15 is 0 Å². The Labute approximate surface area is 209 Å². The molecular weight excluding hydrogens is 470 g/mol. The number of ether oxygens (including phenoxy) is 4. The molecule has 1 amide bonds. The average Bonchev–Trinajstić information content (AvgIpc) is 3.61. The van der Waals surface area contributed by atoms with E-state index in [4.69, 9.17) is 18.9 Å². The number of methoxy groups -OCH3 is 3. The zero-order chi connectivity index (χ0) is 24.9. The largest absolute Gasteiger partial charge is 0.497 e. The van der Waals surface area contributed by atoms with Crippen molar-refractivity contribution >= 4 is 28.8 Å². The van der Waals surface area contributed by atoms with Gasteiger partial charge in [-0.1, -0.05) is 11.8 Å². The normalized spacial score (nSPS) is 19.1. The van der Waals surface area contributed by atoms with Crippen molar-refractivity contribution in [3.05, 3.63) is 46.1 Å². The molecule has 1 aliphatic carbocycles. The molecule has 1 saturated carbocycles. The SMILES string of the molecule is COCCOC(=O)C1=C(C)N=C2SC=C(CC(=O)NCC3CC3)N2C1c1ccc(OC)cc1OC. The lowest BCUT2D eigenvalue weighted by Gasteiger charge is -2.36. The van der Waals surface area contributed by atoms with Gasteiger partial charge in [0, 0.05) is 31.0 Å². The Morgan fingerprint density at radius 2 is 1.97 bits per heavy atom. The highest BCUT2D eigenvalue weighted by molar-refractivity contribution is 8.16. The maximum atomic E-state index is 13.3. The number of esters is 1. The number of amides is 1. The van der Waals surface area contributed by atoms with E-state index in [9.17, 15) is 9.59 Å². The lowest BCUT2D eigenvalue weighted by molar-refractivity contribution is -0.141. The minimum Gasteiger partial charge on any atom is -0.497 e. The molecule has 10 heteroatoms. The first-order valence-corrected chi connectivity index (χ1v) is 12.4. The van der Waals surface area contributed by atoms with Gasteiger partial charge in [-0.15, -0.1) is 0 Å². The van der Waals surface area contributed by atoms with Crippen molar-refractivity contribution in [2.45, 2.75) is 32.2 Å². The van der Waals surface area contributed by atoms with E-state index in [1.807, 2.05) is 22.4 Å². The number of nitrogens with zero attached hydrogens (tertiary/aromatic N) is 2. The molecule has 0 saturated heterocycles. The van der Waals surface area contributed by atoms with E-state index in [0.717, 1.165) is 11.3 Å². The second-order valence-corrected chi connectivity index (χ2v) is 9.39. The number of carbonyl (C=O) groups is 2. The summed E-state index contributed by atoms with van der Waals surface area (Å²) in [7, 11) is 4.71.